The molecule has 1 aliphatic carbocycles. The van der Waals surface area contributed by atoms with E-state index in [1.807, 2.05) is 7.05 Å². The number of nitrogens with one attached hydrogen (secondary N) is 2. The van der Waals surface area contributed by atoms with Crippen LogP contribution in [0.3, 0.4) is 0 Å². The highest BCUT2D eigenvalue weighted by atomic mass is 127. The Morgan fingerprint density at radius 3 is 2.82 bits per heavy atom. The van der Waals surface area contributed by atoms with Gasteiger partial charge in [0.25, 0.3) is 0 Å². The third kappa shape index (κ3) is 6.47. The Morgan fingerprint density at radius 2 is 2.18 bits per heavy atom. The Balaban J connectivity index is 0.00000242. The molecule has 1 aromatic rings. The molecule has 1 fully saturated rings. The molecule has 0 radical (unpaired) electrons. The molecule has 0 amide bonds. The van der Waals surface area contributed by atoms with Gasteiger partial charge in [-0.25, -0.2) is 4.98 Å². The van der Waals surface area contributed by atoms with Crippen molar-refractivity contribution in [3.05, 3.63) is 12.2 Å². The number of rotatable bonds is 7. The van der Waals surface area contributed by atoms with Crippen LogP contribution in [0.1, 0.15) is 37.9 Å². The first kappa shape index (κ1) is 19.1. The Bertz CT molecular complexity index is 444. The van der Waals surface area contributed by atoms with Crippen LogP contribution >= 0.6 is 24.0 Å². The average molecular weight is 422 g/mol. The smallest absolute Gasteiger partial charge is 0.191 e. The summed E-state index contributed by atoms with van der Waals surface area (Å²) in [6.45, 7) is 2.28. The van der Waals surface area contributed by atoms with Gasteiger partial charge in [0.2, 0.25) is 0 Å². The monoisotopic (exact) mass is 422 g/mol. The lowest BCUT2D eigenvalue weighted by molar-refractivity contribution is 0.0574. The number of aliphatic imine (C=N–C) groups is 1. The molecule has 22 heavy (non-hydrogen) atoms. The second-order valence-electron chi connectivity index (χ2n) is 5.28. The Morgan fingerprint density at radius 1 is 1.41 bits per heavy atom. The fraction of sp³-hybridized carbons (Fsp3) is 0.786. The summed E-state index contributed by atoms with van der Waals surface area (Å²) >= 11 is 0. The van der Waals surface area contributed by atoms with E-state index in [1.54, 1.807) is 18.1 Å². The van der Waals surface area contributed by atoms with Gasteiger partial charge in [-0.05, 0) is 19.3 Å². The van der Waals surface area contributed by atoms with E-state index in [0.29, 0.717) is 12.6 Å². The summed E-state index contributed by atoms with van der Waals surface area (Å²) in [6.07, 6.45) is 8.14. The van der Waals surface area contributed by atoms with Gasteiger partial charge in [0.05, 0.1) is 12.6 Å². The van der Waals surface area contributed by atoms with Crippen molar-refractivity contribution in [1.29, 1.82) is 0 Å². The number of guanidine groups is 1. The highest BCUT2D eigenvalue weighted by Gasteiger charge is 2.14. The van der Waals surface area contributed by atoms with Crippen molar-refractivity contribution in [1.82, 2.24) is 25.4 Å². The highest BCUT2D eigenvalue weighted by Crippen LogP contribution is 2.20. The van der Waals surface area contributed by atoms with Crippen LogP contribution in [0.4, 0.5) is 0 Å². The van der Waals surface area contributed by atoms with Crippen LogP contribution in [0.15, 0.2) is 11.3 Å². The Hall–Kier alpha value is -0.900. The van der Waals surface area contributed by atoms with E-state index in [2.05, 4.69) is 25.7 Å². The number of ether oxygens (including phenoxy) is 1. The normalized spacial score (nSPS) is 15.6. The zero-order valence-electron chi connectivity index (χ0n) is 13.4. The van der Waals surface area contributed by atoms with E-state index in [-0.39, 0.29) is 24.0 Å². The third-order valence-electron chi connectivity index (χ3n) is 3.71. The van der Waals surface area contributed by atoms with Crippen LogP contribution in [-0.4, -0.2) is 47.0 Å². The first-order valence-corrected chi connectivity index (χ1v) is 7.68. The van der Waals surface area contributed by atoms with Gasteiger partial charge in [0, 0.05) is 27.2 Å². The lowest BCUT2D eigenvalue weighted by Gasteiger charge is -2.13. The minimum atomic E-state index is 0. The van der Waals surface area contributed by atoms with Gasteiger partial charge >= 0.3 is 0 Å². The number of hydrogen-bond acceptors (Lipinski definition) is 4. The summed E-state index contributed by atoms with van der Waals surface area (Å²) < 4.78 is 7.58. The topological polar surface area (TPSA) is 76.4 Å². The zero-order valence-corrected chi connectivity index (χ0v) is 15.7. The van der Waals surface area contributed by atoms with Crippen LogP contribution < -0.4 is 10.6 Å². The Labute approximate surface area is 149 Å². The standard InChI is InChI=1S/C14H26N6O.HI/c1-15-14(17-10-13-18-11-19-20(13)2)16-8-5-9-21-12-6-3-4-7-12;/h11-12H,3-10H2,1-2H3,(H2,15,16,17);1H. The van der Waals surface area contributed by atoms with Crippen molar-refractivity contribution in [2.24, 2.45) is 12.0 Å². The van der Waals surface area contributed by atoms with Crippen LogP contribution in [0.5, 0.6) is 0 Å². The molecule has 0 spiro atoms. The maximum atomic E-state index is 5.83. The van der Waals surface area contributed by atoms with Crippen LogP contribution in [0.25, 0.3) is 0 Å². The maximum Gasteiger partial charge on any atom is 0.191 e. The molecule has 1 aliphatic rings. The van der Waals surface area contributed by atoms with Crippen molar-refractivity contribution in [2.75, 3.05) is 20.2 Å². The summed E-state index contributed by atoms with van der Waals surface area (Å²) in [5.74, 6) is 1.65. The molecule has 0 saturated heterocycles. The molecular weight excluding hydrogens is 395 g/mol. The maximum absolute atomic E-state index is 5.83. The van der Waals surface area contributed by atoms with Crippen molar-refractivity contribution >= 4 is 29.9 Å². The second kappa shape index (κ2) is 10.8. The SMILES string of the molecule is CN=C(NCCCOC1CCCC1)NCc1ncnn1C.I. The summed E-state index contributed by atoms with van der Waals surface area (Å²) in [7, 11) is 3.64. The van der Waals surface area contributed by atoms with Gasteiger partial charge in [0.1, 0.15) is 12.2 Å². The number of aromatic nitrogens is 3. The minimum Gasteiger partial charge on any atom is -0.378 e. The summed E-state index contributed by atoms with van der Waals surface area (Å²) in [6, 6.07) is 0. The van der Waals surface area contributed by atoms with E-state index >= 15 is 0 Å². The van der Waals surface area contributed by atoms with E-state index in [1.165, 1.54) is 25.7 Å². The summed E-state index contributed by atoms with van der Waals surface area (Å²) in [5, 5.41) is 10.5. The predicted octanol–water partition coefficient (Wildman–Crippen LogP) is 1.45. The molecule has 1 heterocycles. The van der Waals surface area contributed by atoms with Gasteiger partial charge < -0.3 is 15.4 Å². The van der Waals surface area contributed by atoms with Gasteiger partial charge in [-0.15, -0.1) is 24.0 Å². The second-order valence-corrected chi connectivity index (χ2v) is 5.28. The molecule has 0 unspecified atom stereocenters. The summed E-state index contributed by atoms with van der Waals surface area (Å²) in [4.78, 5) is 8.35. The molecular formula is C14H27IN6O. The largest absolute Gasteiger partial charge is 0.378 e. The number of halogens is 1. The molecule has 2 rings (SSSR count). The highest BCUT2D eigenvalue weighted by molar-refractivity contribution is 14.0. The van der Waals surface area contributed by atoms with Gasteiger partial charge in [0.15, 0.2) is 5.96 Å². The minimum absolute atomic E-state index is 0. The van der Waals surface area contributed by atoms with Gasteiger partial charge in [-0.2, -0.15) is 5.10 Å². The van der Waals surface area contributed by atoms with Crippen molar-refractivity contribution in [3.8, 4) is 0 Å². The molecule has 7 nitrogen and oxygen atoms in total. The lowest BCUT2D eigenvalue weighted by atomic mass is 10.3. The molecule has 0 bridgehead atoms. The molecule has 126 valence electrons. The first-order chi connectivity index (χ1) is 10.3. The number of nitrogens with zero attached hydrogens (tertiary/aromatic N) is 4. The van der Waals surface area contributed by atoms with Gasteiger partial charge in [-0.1, -0.05) is 12.8 Å². The molecule has 1 saturated carbocycles. The van der Waals surface area contributed by atoms with Crippen LogP contribution in [-0.2, 0) is 18.3 Å². The third-order valence-corrected chi connectivity index (χ3v) is 3.71. The lowest BCUT2D eigenvalue weighted by Crippen LogP contribution is -2.38. The molecule has 8 heteroatoms. The number of aryl methyl sites for hydroxylation is 1. The summed E-state index contributed by atoms with van der Waals surface area (Å²) in [5.41, 5.74) is 0. The molecule has 1 aromatic heterocycles. The van der Waals surface area contributed by atoms with E-state index < -0.39 is 0 Å². The molecule has 0 atom stereocenters. The first-order valence-electron chi connectivity index (χ1n) is 7.68. The average Bonchev–Trinajstić information content (AvgIpc) is 3.14. The Kier molecular flexibility index (Phi) is 9.37. The zero-order chi connectivity index (χ0) is 14.9. The predicted molar refractivity (Wildman–Crippen MR) is 97.4 cm³/mol. The van der Waals surface area contributed by atoms with E-state index in [4.69, 9.17) is 4.74 Å². The fourth-order valence-electron chi connectivity index (χ4n) is 2.45. The molecule has 2 N–H and O–H groups in total. The number of hydrogen-bond donors (Lipinski definition) is 2. The van der Waals surface area contributed by atoms with E-state index in [0.717, 1.165) is 31.4 Å². The quantitative estimate of drug-likeness (QED) is 0.301. The van der Waals surface area contributed by atoms with Crippen LogP contribution in [0, 0.1) is 0 Å². The van der Waals surface area contributed by atoms with Crippen LogP contribution in [0.2, 0.25) is 0 Å². The van der Waals surface area contributed by atoms with Crippen molar-refractivity contribution in [2.45, 2.75) is 44.8 Å². The van der Waals surface area contributed by atoms with E-state index in [9.17, 15) is 0 Å². The van der Waals surface area contributed by atoms with Crippen molar-refractivity contribution in [3.63, 3.8) is 0 Å². The van der Waals surface area contributed by atoms with Crippen molar-refractivity contribution < 1.29 is 4.74 Å². The fourth-order valence-corrected chi connectivity index (χ4v) is 2.45. The van der Waals surface area contributed by atoms with Gasteiger partial charge in [-0.3, -0.25) is 9.67 Å². The molecule has 0 aromatic carbocycles. The molecule has 0 aliphatic heterocycles.